The Balaban J connectivity index is 1.55. The van der Waals surface area contributed by atoms with Crippen molar-refractivity contribution in [2.75, 3.05) is 24.4 Å². The van der Waals surface area contributed by atoms with Gasteiger partial charge in [0.1, 0.15) is 17.2 Å². The third-order valence-electron chi connectivity index (χ3n) is 4.00. The minimum atomic E-state index is -0.388. The van der Waals surface area contributed by atoms with Gasteiger partial charge in [0.05, 0.1) is 12.8 Å². The summed E-state index contributed by atoms with van der Waals surface area (Å²) >= 11 is 0. The summed E-state index contributed by atoms with van der Waals surface area (Å²) in [4.78, 5) is 24.2. The van der Waals surface area contributed by atoms with Gasteiger partial charge in [-0.1, -0.05) is 18.2 Å². The van der Waals surface area contributed by atoms with Gasteiger partial charge >= 0.3 is 0 Å². The molecule has 7 nitrogen and oxygen atoms in total. The number of methoxy groups -OCH3 is 1. The molecule has 0 fully saturated rings. The maximum Gasteiger partial charge on any atom is 0.262 e. The molecule has 3 aromatic carbocycles. The largest absolute Gasteiger partial charge is 0.506 e. The maximum absolute atomic E-state index is 12.2. The molecule has 0 aliphatic carbocycles. The summed E-state index contributed by atoms with van der Waals surface area (Å²) in [6, 6.07) is 19.9. The van der Waals surface area contributed by atoms with E-state index in [-0.39, 0.29) is 29.9 Å². The van der Waals surface area contributed by atoms with Crippen molar-refractivity contribution in [1.29, 1.82) is 0 Å². The Hall–Kier alpha value is -4.00. The Bertz CT molecular complexity index is 988. The third-order valence-corrected chi connectivity index (χ3v) is 4.00. The van der Waals surface area contributed by atoms with Crippen LogP contribution in [0.4, 0.5) is 11.4 Å². The van der Waals surface area contributed by atoms with Crippen LogP contribution in [0.1, 0.15) is 10.4 Å². The SMILES string of the molecule is COc1ccc(OCC(=O)Nc2ccc(NC(=O)c3ccccc3)c(O)c2)cc1. The number of carbonyl (C=O) groups excluding carboxylic acids is 2. The molecule has 0 spiro atoms. The van der Waals surface area contributed by atoms with Crippen molar-refractivity contribution in [1.82, 2.24) is 0 Å². The van der Waals surface area contributed by atoms with Crippen LogP contribution in [-0.2, 0) is 4.79 Å². The van der Waals surface area contributed by atoms with Crippen molar-refractivity contribution in [3.63, 3.8) is 0 Å². The number of anilines is 2. The normalized spacial score (nSPS) is 10.1. The maximum atomic E-state index is 12.2. The number of benzene rings is 3. The van der Waals surface area contributed by atoms with Crippen LogP contribution in [0.15, 0.2) is 72.8 Å². The van der Waals surface area contributed by atoms with Gasteiger partial charge in [0, 0.05) is 17.3 Å². The van der Waals surface area contributed by atoms with Crippen molar-refractivity contribution in [2.24, 2.45) is 0 Å². The number of carbonyl (C=O) groups is 2. The molecule has 3 N–H and O–H groups in total. The third kappa shape index (κ3) is 5.49. The second-order valence-electron chi connectivity index (χ2n) is 6.06. The minimum Gasteiger partial charge on any atom is -0.506 e. The first-order chi connectivity index (χ1) is 14.0. The topological polar surface area (TPSA) is 96.9 Å². The Morgan fingerprint density at radius 1 is 0.897 bits per heavy atom. The molecule has 148 valence electrons. The second-order valence-corrected chi connectivity index (χ2v) is 6.06. The monoisotopic (exact) mass is 392 g/mol. The molecule has 0 bridgehead atoms. The number of ether oxygens (including phenoxy) is 2. The molecule has 2 amide bonds. The van der Waals surface area contributed by atoms with E-state index in [1.54, 1.807) is 61.7 Å². The summed E-state index contributed by atoms with van der Waals surface area (Å²) in [6.45, 7) is -0.195. The van der Waals surface area contributed by atoms with E-state index in [2.05, 4.69) is 10.6 Å². The molecule has 0 saturated heterocycles. The molecule has 7 heteroatoms. The number of hydrogen-bond acceptors (Lipinski definition) is 5. The van der Waals surface area contributed by atoms with Gasteiger partial charge in [-0.15, -0.1) is 0 Å². The van der Waals surface area contributed by atoms with Crippen molar-refractivity contribution >= 4 is 23.2 Å². The lowest BCUT2D eigenvalue weighted by Gasteiger charge is -2.11. The quantitative estimate of drug-likeness (QED) is 0.533. The number of nitrogens with one attached hydrogen (secondary N) is 2. The van der Waals surface area contributed by atoms with Crippen molar-refractivity contribution in [3.05, 3.63) is 78.4 Å². The predicted molar refractivity (Wildman–Crippen MR) is 110 cm³/mol. The first-order valence-electron chi connectivity index (χ1n) is 8.81. The van der Waals surface area contributed by atoms with E-state index in [1.165, 1.54) is 12.1 Å². The zero-order valence-corrected chi connectivity index (χ0v) is 15.7. The van der Waals surface area contributed by atoms with Gasteiger partial charge < -0.3 is 25.2 Å². The van der Waals surface area contributed by atoms with Crippen molar-refractivity contribution in [2.45, 2.75) is 0 Å². The molecule has 0 heterocycles. The molecule has 0 atom stereocenters. The molecule has 0 aromatic heterocycles. The van der Waals surface area contributed by atoms with Crippen LogP contribution < -0.4 is 20.1 Å². The van der Waals surface area contributed by atoms with Gasteiger partial charge in [0.15, 0.2) is 6.61 Å². The van der Waals surface area contributed by atoms with E-state index < -0.39 is 0 Å². The lowest BCUT2D eigenvalue weighted by Crippen LogP contribution is -2.20. The molecule has 0 unspecified atom stereocenters. The summed E-state index contributed by atoms with van der Waals surface area (Å²) in [5.41, 5.74) is 1.09. The van der Waals surface area contributed by atoms with Gasteiger partial charge in [-0.3, -0.25) is 9.59 Å². The number of phenols is 1. The van der Waals surface area contributed by atoms with Gasteiger partial charge in [0.25, 0.3) is 11.8 Å². The zero-order chi connectivity index (χ0) is 20.6. The molecule has 3 aromatic rings. The number of phenolic OH excluding ortho intramolecular Hbond substituents is 1. The first-order valence-corrected chi connectivity index (χ1v) is 8.81. The predicted octanol–water partition coefficient (Wildman–Crippen LogP) is 3.67. The summed E-state index contributed by atoms with van der Waals surface area (Å²) < 4.78 is 10.5. The van der Waals surface area contributed by atoms with Crippen LogP contribution in [0, 0.1) is 0 Å². The fraction of sp³-hybridized carbons (Fsp3) is 0.0909. The fourth-order valence-corrected chi connectivity index (χ4v) is 2.52. The lowest BCUT2D eigenvalue weighted by atomic mass is 10.2. The van der Waals surface area contributed by atoms with Gasteiger partial charge in [-0.05, 0) is 48.5 Å². The van der Waals surface area contributed by atoms with Crippen LogP contribution >= 0.6 is 0 Å². The van der Waals surface area contributed by atoms with Crippen molar-refractivity contribution in [3.8, 4) is 17.2 Å². The fourth-order valence-electron chi connectivity index (χ4n) is 2.52. The van der Waals surface area contributed by atoms with E-state index >= 15 is 0 Å². The highest BCUT2D eigenvalue weighted by molar-refractivity contribution is 6.05. The van der Waals surface area contributed by atoms with Crippen molar-refractivity contribution < 1.29 is 24.2 Å². The first kappa shape index (κ1) is 19.8. The number of rotatable bonds is 7. The molecule has 0 saturated carbocycles. The smallest absolute Gasteiger partial charge is 0.262 e. The minimum absolute atomic E-state index is 0.164. The highest BCUT2D eigenvalue weighted by Gasteiger charge is 2.10. The number of aromatic hydroxyl groups is 1. The Morgan fingerprint density at radius 3 is 2.24 bits per heavy atom. The van der Waals surface area contributed by atoms with E-state index in [4.69, 9.17) is 9.47 Å². The highest BCUT2D eigenvalue weighted by Crippen LogP contribution is 2.27. The second kappa shape index (κ2) is 9.27. The average molecular weight is 392 g/mol. The molecule has 0 aliphatic heterocycles. The standard InChI is InChI=1S/C22H20N2O5/c1-28-17-8-10-18(11-9-17)29-14-21(26)23-16-7-12-19(20(25)13-16)24-22(27)15-5-3-2-4-6-15/h2-13,25H,14H2,1H3,(H,23,26)(H,24,27). The van der Waals surface area contributed by atoms with Gasteiger partial charge in [-0.2, -0.15) is 0 Å². The summed E-state index contributed by atoms with van der Waals surface area (Å²) in [5, 5.41) is 15.4. The molecular formula is C22H20N2O5. The average Bonchev–Trinajstić information content (AvgIpc) is 2.75. The molecule has 29 heavy (non-hydrogen) atoms. The van der Waals surface area contributed by atoms with E-state index in [0.717, 1.165) is 0 Å². The summed E-state index contributed by atoms with van der Waals surface area (Å²) in [5.74, 6) is 0.328. The van der Waals surface area contributed by atoms with E-state index in [1.807, 2.05) is 6.07 Å². The Kier molecular flexibility index (Phi) is 6.32. The molecular weight excluding hydrogens is 372 g/mol. The molecule has 3 rings (SSSR count). The van der Waals surface area contributed by atoms with Gasteiger partial charge in [0.2, 0.25) is 0 Å². The summed E-state index contributed by atoms with van der Waals surface area (Å²) in [6.07, 6.45) is 0. The van der Waals surface area contributed by atoms with E-state index in [9.17, 15) is 14.7 Å². The summed E-state index contributed by atoms with van der Waals surface area (Å²) in [7, 11) is 1.57. The van der Waals surface area contributed by atoms with Crippen LogP contribution in [0.25, 0.3) is 0 Å². The van der Waals surface area contributed by atoms with Crippen LogP contribution in [0.2, 0.25) is 0 Å². The number of hydrogen-bond donors (Lipinski definition) is 3. The zero-order valence-electron chi connectivity index (χ0n) is 15.7. The van der Waals surface area contributed by atoms with Crippen LogP contribution in [0.5, 0.6) is 17.2 Å². The van der Waals surface area contributed by atoms with Crippen LogP contribution in [-0.4, -0.2) is 30.6 Å². The molecule has 0 aliphatic rings. The Labute approximate surface area is 167 Å². The molecule has 0 radical (unpaired) electrons. The highest BCUT2D eigenvalue weighted by atomic mass is 16.5. The van der Waals surface area contributed by atoms with E-state index in [0.29, 0.717) is 22.7 Å². The lowest BCUT2D eigenvalue weighted by molar-refractivity contribution is -0.118. The Morgan fingerprint density at radius 2 is 1.59 bits per heavy atom. The van der Waals surface area contributed by atoms with Crippen LogP contribution in [0.3, 0.4) is 0 Å². The number of amides is 2. The van der Waals surface area contributed by atoms with Gasteiger partial charge in [-0.25, -0.2) is 0 Å².